The Balaban J connectivity index is 1.37. The monoisotopic (exact) mass is 452 g/mol. The Kier molecular flexibility index (Phi) is 6.25. The fraction of sp³-hybridized carbons (Fsp3) is 0.680. The number of rotatable bonds is 7. The zero-order valence-electron chi connectivity index (χ0n) is 19.8. The van der Waals surface area contributed by atoms with Crippen molar-refractivity contribution in [3.8, 4) is 0 Å². The number of anilines is 3. The van der Waals surface area contributed by atoms with Gasteiger partial charge in [0.25, 0.3) is 0 Å². The fourth-order valence-corrected chi connectivity index (χ4v) is 5.74. The standard InChI is InChI=1S/C25H36N6O2/c1-15-10-22(27-23-12-21(29-30-23)18-8-9-18)28-25(26-15)31-13-19(16(2)24(32)33)11-20(14-31)17-6-4-3-5-7-17/h10,12,16-20H,3-9,11,13-14H2,1-2H3,(H,32,33)(H2,26,27,28,29,30). The number of aromatic amines is 1. The molecule has 3 heterocycles. The molecule has 3 atom stereocenters. The number of aromatic nitrogens is 4. The highest BCUT2D eigenvalue weighted by Gasteiger charge is 2.38. The van der Waals surface area contributed by atoms with Crippen molar-refractivity contribution in [1.29, 1.82) is 0 Å². The van der Waals surface area contributed by atoms with Crippen molar-refractivity contribution in [2.75, 3.05) is 23.3 Å². The van der Waals surface area contributed by atoms with Crippen LogP contribution in [-0.4, -0.2) is 44.3 Å². The molecule has 3 fully saturated rings. The van der Waals surface area contributed by atoms with E-state index < -0.39 is 5.97 Å². The molecule has 33 heavy (non-hydrogen) atoms. The molecular weight excluding hydrogens is 416 g/mol. The summed E-state index contributed by atoms with van der Waals surface area (Å²) in [7, 11) is 0. The van der Waals surface area contributed by atoms with E-state index in [1.54, 1.807) is 0 Å². The van der Waals surface area contributed by atoms with Gasteiger partial charge in [0.2, 0.25) is 5.95 Å². The third kappa shape index (κ3) is 5.14. The summed E-state index contributed by atoms with van der Waals surface area (Å²) in [5.74, 6) is 3.09. The van der Waals surface area contributed by atoms with Crippen LogP contribution in [0.15, 0.2) is 12.1 Å². The van der Waals surface area contributed by atoms with Gasteiger partial charge in [-0.3, -0.25) is 9.89 Å². The molecule has 0 bridgehead atoms. The molecule has 3 N–H and O–H groups in total. The van der Waals surface area contributed by atoms with Crippen LogP contribution in [0.1, 0.15) is 75.6 Å². The topological polar surface area (TPSA) is 107 Å². The number of nitrogens with one attached hydrogen (secondary N) is 2. The predicted molar refractivity (Wildman–Crippen MR) is 128 cm³/mol. The number of hydrogen-bond donors (Lipinski definition) is 3. The van der Waals surface area contributed by atoms with Crippen molar-refractivity contribution in [3.05, 3.63) is 23.5 Å². The number of carboxylic acids is 1. The molecule has 3 aliphatic rings. The molecule has 178 valence electrons. The molecule has 0 radical (unpaired) electrons. The Hall–Kier alpha value is -2.64. The lowest BCUT2D eigenvalue weighted by molar-refractivity contribution is -0.143. The fourth-order valence-electron chi connectivity index (χ4n) is 5.74. The second kappa shape index (κ2) is 9.31. The van der Waals surface area contributed by atoms with Gasteiger partial charge in [-0.15, -0.1) is 0 Å². The van der Waals surface area contributed by atoms with Crippen LogP contribution in [0.2, 0.25) is 0 Å². The van der Waals surface area contributed by atoms with E-state index in [9.17, 15) is 9.90 Å². The number of piperidine rings is 1. The van der Waals surface area contributed by atoms with Crippen LogP contribution in [0.5, 0.6) is 0 Å². The summed E-state index contributed by atoms with van der Waals surface area (Å²) in [5.41, 5.74) is 2.01. The number of aryl methyl sites for hydroxylation is 1. The largest absolute Gasteiger partial charge is 0.481 e. The van der Waals surface area contributed by atoms with Crippen LogP contribution >= 0.6 is 0 Å². The van der Waals surface area contributed by atoms with Crippen LogP contribution in [0.4, 0.5) is 17.6 Å². The van der Waals surface area contributed by atoms with Gasteiger partial charge >= 0.3 is 5.97 Å². The van der Waals surface area contributed by atoms with Crippen molar-refractivity contribution in [2.24, 2.45) is 23.7 Å². The Bertz CT molecular complexity index is 981. The van der Waals surface area contributed by atoms with Crippen molar-refractivity contribution in [2.45, 2.75) is 71.1 Å². The molecule has 1 aliphatic heterocycles. The summed E-state index contributed by atoms with van der Waals surface area (Å²) in [4.78, 5) is 23.7. The van der Waals surface area contributed by atoms with Gasteiger partial charge in [-0.25, -0.2) is 4.98 Å². The normalized spacial score (nSPS) is 25.1. The molecule has 0 spiro atoms. The van der Waals surface area contributed by atoms with E-state index in [-0.39, 0.29) is 11.8 Å². The number of carbonyl (C=O) groups is 1. The molecule has 0 aromatic carbocycles. The summed E-state index contributed by atoms with van der Waals surface area (Å²) in [6, 6.07) is 4.01. The minimum absolute atomic E-state index is 0.109. The Labute approximate surface area is 195 Å². The van der Waals surface area contributed by atoms with Crippen LogP contribution in [0.25, 0.3) is 0 Å². The maximum absolute atomic E-state index is 11.8. The van der Waals surface area contributed by atoms with E-state index >= 15 is 0 Å². The van der Waals surface area contributed by atoms with E-state index in [1.165, 1.54) is 44.9 Å². The summed E-state index contributed by atoms with van der Waals surface area (Å²) < 4.78 is 0. The van der Waals surface area contributed by atoms with Crippen molar-refractivity contribution in [3.63, 3.8) is 0 Å². The molecule has 8 nitrogen and oxygen atoms in total. The molecule has 2 saturated carbocycles. The average molecular weight is 453 g/mol. The van der Waals surface area contributed by atoms with E-state index in [4.69, 9.17) is 9.97 Å². The van der Waals surface area contributed by atoms with Crippen LogP contribution in [0, 0.1) is 30.6 Å². The summed E-state index contributed by atoms with van der Waals surface area (Å²) in [5, 5.41) is 20.6. The molecule has 8 heteroatoms. The summed E-state index contributed by atoms with van der Waals surface area (Å²) >= 11 is 0. The van der Waals surface area contributed by atoms with Crippen LogP contribution in [-0.2, 0) is 4.79 Å². The maximum Gasteiger partial charge on any atom is 0.306 e. The second-order valence-electron chi connectivity index (χ2n) is 10.5. The highest BCUT2D eigenvalue weighted by atomic mass is 16.4. The second-order valence-corrected chi connectivity index (χ2v) is 10.5. The Morgan fingerprint density at radius 3 is 2.64 bits per heavy atom. The summed E-state index contributed by atoms with van der Waals surface area (Å²) in [6.07, 6.45) is 9.86. The molecule has 1 saturated heterocycles. The lowest BCUT2D eigenvalue weighted by atomic mass is 9.72. The smallest absolute Gasteiger partial charge is 0.306 e. The van der Waals surface area contributed by atoms with Gasteiger partial charge in [0.05, 0.1) is 11.6 Å². The molecule has 2 aromatic rings. The number of nitrogens with zero attached hydrogens (tertiary/aromatic N) is 4. The number of aliphatic carboxylic acids is 1. The van der Waals surface area contributed by atoms with Gasteiger partial charge in [-0.1, -0.05) is 39.0 Å². The van der Waals surface area contributed by atoms with Crippen LogP contribution < -0.4 is 10.2 Å². The molecule has 2 aromatic heterocycles. The van der Waals surface area contributed by atoms with E-state index in [1.807, 2.05) is 19.9 Å². The highest BCUT2D eigenvalue weighted by molar-refractivity contribution is 5.70. The first kappa shape index (κ1) is 22.2. The minimum Gasteiger partial charge on any atom is -0.481 e. The van der Waals surface area contributed by atoms with E-state index in [0.29, 0.717) is 30.2 Å². The third-order valence-corrected chi connectivity index (χ3v) is 7.91. The Morgan fingerprint density at radius 2 is 1.91 bits per heavy atom. The Morgan fingerprint density at radius 1 is 1.12 bits per heavy atom. The zero-order chi connectivity index (χ0) is 22.9. The van der Waals surface area contributed by atoms with Gasteiger partial charge in [0.15, 0.2) is 0 Å². The lowest BCUT2D eigenvalue weighted by Gasteiger charge is -2.43. The first-order chi connectivity index (χ1) is 16.0. The molecule has 5 rings (SSSR count). The predicted octanol–water partition coefficient (Wildman–Crippen LogP) is 4.87. The molecule has 2 aliphatic carbocycles. The van der Waals surface area contributed by atoms with Gasteiger partial charge in [-0.2, -0.15) is 10.1 Å². The van der Waals surface area contributed by atoms with Gasteiger partial charge in [-0.05, 0) is 43.9 Å². The lowest BCUT2D eigenvalue weighted by Crippen LogP contribution is -2.47. The molecule has 3 unspecified atom stereocenters. The van der Waals surface area contributed by atoms with Crippen molar-refractivity contribution < 1.29 is 9.90 Å². The van der Waals surface area contributed by atoms with E-state index in [0.717, 1.165) is 36.0 Å². The highest BCUT2D eigenvalue weighted by Crippen LogP contribution is 2.40. The average Bonchev–Trinajstić information content (AvgIpc) is 3.57. The minimum atomic E-state index is -0.706. The maximum atomic E-state index is 11.8. The zero-order valence-corrected chi connectivity index (χ0v) is 19.8. The molecular formula is C25H36N6O2. The number of carboxylic acid groups (broad SMARTS) is 1. The first-order valence-corrected chi connectivity index (χ1v) is 12.6. The SMILES string of the molecule is Cc1cc(Nc2cc(C3CC3)n[nH]2)nc(N2CC(C3CCCCC3)CC(C(C)C(=O)O)C2)n1. The van der Waals surface area contributed by atoms with Crippen molar-refractivity contribution in [1.82, 2.24) is 20.2 Å². The van der Waals surface area contributed by atoms with Gasteiger partial charge in [0.1, 0.15) is 11.6 Å². The van der Waals surface area contributed by atoms with Gasteiger partial charge < -0.3 is 15.3 Å². The quantitative estimate of drug-likeness (QED) is 0.550. The van der Waals surface area contributed by atoms with Crippen LogP contribution in [0.3, 0.4) is 0 Å². The first-order valence-electron chi connectivity index (χ1n) is 12.6. The number of H-pyrrole nitrogens is 1. The van der Waals surface area contributed by atoms with Crippen molar-refractivity contribution >= 4 is 23.6 Å². The third-order valence-electron chi connectivity index (χ3n) is 7.91. The number of hydrogen-bond acceptors (Lipinski definition) is 6. The van der Waals surface area contributed by atoms with Gasteiger partial charge in [0, 0.05) is 36.8 Å². The van der Waals surface area contributed by atoms with E-state index in [2.05, 4.69) is 26.5 Å². The molecule has 0 amide bonds. The summed E-state index contributed by atoms with van der Waals surface area (Å²) in [6.45, 7) is 5.44.